The summed E-state index contributed by atoms with van der Waals surface area (Å²) in [6.07, 6.45) is 1.93. The molecule has 27 heavy (non-hydrogen) atoms. The van der Waals surface area contributed by atoms with Crippen LogP contribution in [-0.4, -0.2) is 57.7 Å². The van der Waals surface area contributed by atoms with Crippen molar-refractivity contribution in [3.63, 3.8) is 0 Å². The van der Waals surface area contributed by atoms with E-state index in [2.05, 4.69) is 27.3 Å². The molecule has 0 heterocycles. The van der Waals surface area contributed by atoms with Crippen LogP contribution in [0, 0.1) is 0 Å². The molecule has 2 N–H and O–H groups in total. The number of benzene rings is 1. The molecule has 1 amide bonds. The number of carbonyl (C=O) groups excluding carboxylic acids is 1. The number of guanidine groups is 1. The van der Waals surface area contributed by atoms with Crippen LogP contribution in [0.5, 0.6) is 11.5 Å². The Kier molecular flexibility index (Phi) is 9.92. The van der Waals surface area contributed by atoms with E-state index >= 15 is 0 Å². The number of likely N-dealkylation sites (N-methyl/N-ethyl adjacent to an activating group) is 1. The van der Waals surface area contributed by atoms with Crippen molar-refractivity contribution in [1.82, 2.24) is 15.5 Å². The van der Waals surface area contributed by atoms with Crippen LogP contribution in [0.3, 0.4) is 0 Å². The number of carbonyl (C=O) groups is 1. The lowest BCUT2D eigenvalue weighted by Crippen LogP contribution is -2.43. The number of rotatable bonds is 10. The van der Waals surface area contributed by atoms with Crippen LogP contribution < -0.4 is 20.1 Å². The first-order chi connectivity index (χ1) is 12.9. The number of amides is 1. The lowest BCUT2D eigenvalue weighted by atomic mass is 10.2. The van der Waals surface area contributed by atoms with Gasteiger partial charge in [0.1, 0.15) is 11.5 Å². The van der Waals surface area contributed by atoms with Gasteiger partial charge < -0.3 is 25.0 Å². The molecule has 1 aromatic carbocycles. The number of hydrogen-bond acceptors (Lipinski definition) is 4. The standard InChI is InChI=1S/C18H28F2N4O3/c1-5-6-9-21-18(23-12-16(25)24(2)3)22-11-13-10-14(26-4)7-8-15(13)27-17(19)20/h7-8,10,17H,5-6,9,11-12H2,1-4H3,(H2,21,22,23). The van der Waals surface area contributed by atoms with Gasteiger partial charge in [-0.1, -0.05) is 13.3 Å². The summed E-state index contributed by atoms with van der Waals surface area (Å²) in [5.41, 5.74) is 0.449. The van der Waals surface area contributed by atoms with E-state index in [-0.39, 0.29) is 24.7 Å². The average molecular weight is 386 g/mol. The molecule has 0 unspecified atom stereocenters. The predicted octanol–water partition coefficient (Wildman–Crippen LogP) is 2.22. The lowest BCUT2D eigenvalue weighted by Gasteiger charge is -2.15. The van der Waals surface area contributed by atoms with Gasteiger partial charge in [-0.15, -0.1) is 0 Å². The van der Waals surface area contributed by atoms with Gasteiger partial charge >= 0.3 is 6.61 Å². The zero-order valence-electron chi connectivity index (χ0n) is 16.2. The molecule has 0 aromatic heterocycles. The minimum Gasteiger partial charge on any atom is -0.497 e. The fourth-order valence-electron chi connectivity index (χ4n) is 2.06. The van der Waals surface area contributed by atoms with Crippen molar-refractivity contribution in [1.29, 1.82) is 0 Å². The molecule has 9 heteroatoms. The molecule has 0 aliphatic heterocycles. The summed E-state index contributed by atoms with van der Waals surface area (Å²) in [5, 5.41) is 6.07. The highest BCUT2D eigenvalue weighted by Crippen LogP contribution is 2.26. The molecule has 0 aliphatic carbocycles. The van der Waals surface area contributed by atoms with E-state index in [0.717, 1.165) is 12.8 Å². The summed E-state index contributed by atoms with van der Waals surface area (Å²) in [6, 6.07) is 4.55. The van der Waals surface area contributed by atoms with Crippen LogP contribution in [0.4, 0.5) is 8.78 Å². The SMILES string of the molecule is CCCCNC(=NCc1cc(OC)ccc1OC(F)F)NCC(=O)N(C)C. The van der Waals surface area contributed by atoms with Crippen LogP contribution in [0.25, 0.3) is 0 Å². The normalized spacial score (nSPS) is 11.3. The molecule has 0 radical (unpaired) electrons. The Morgan fingerprint density at radius 1 is 1.30 bits per heavy atom. The molecule has 0 spiro atoms. The zero-order valence-corrected chi connectivity index (χ0v) is 16.2. The van der Waals surface area contributed by atoms with Gasteiger partial charge in [0.25, 0.3) is 0 Å². The molecule has 0 fully saturated rings. The van der Waals surface area contributed by atoms with Gasteiger partial charge in [0.05, 0.1) is 20.2 Å². The lowest BCUT2D eigenvalue weighted by molar-refractivity contribution is -0.127. The van der Waals surface area contributed by atoms with Crippen LogP contribution in [0.1, 0.15) is 25.3 Å². The predicted molar refractivity (Wildman–Crippen MR) is 100 cm³/mol. The molecule has 0 saturated heterocycles. The average Bonchev–Trinajstić information content (AvgIpc) is 2.63. The highest BCUT2D eigenvalue weighted by Gasteiger charge is 2.12. The third-order valence-electron chi connectivity index (χ3n) is 3.62. The Labute approximate surface area is 158 Å². The highest BCUT2D eigenvalue weighted by atomic mass is 19.3. The van der Waals surface area contributed by atoms with Crippen molar-refractivity contribution in [2.45, 2.75) is 32.9 Å². The molecule has 1 aromatic rings. The second-order valence-corrected chi connectivity index (χ2v) is 5.94. The summed E-state index contributed by atoms with van der Waals surface area (Å²) < 4.78 is 34.9. The molecule has 152 valence electrons. The molecule has 0 aliphatic rings. The molecule has 0 atom stereocenters. The Bertz CT molecular complexity index is 625. The monoisotopic (exact) mass is 386 g/mol. The van der Waals surface area contributed by atoms with Crippen molar-refractivity contribution in [3.05, 3.63) is 23.8 Å². The molecular formula is C18H28F2N4O3. The number of methoxy groups -OCH3 is 1. The van der Waals surface area contributed by atoms with E-state index in [1.807, 2.05) is 0 Å². The number of nitrogens with one attached hydrogen (secondary N) is 2. The number of halogens is 2. The smallest absolute Gasteiger partial charge is 0.387 e. The van der Waals surface area contributed by atoms with E-state index in [1.165, 1.54) is 18.1 Å². The van der Waals surface area contributed by atoms with E-state index in [4.69, 9.17) is 4.74 Å². The maximum Gasteiger partial charge on any atom is 0.387 e. The first-order valence-corrected chi connectivity index (χ1v) is 8.71. The maximum atomic E-state index is 12.6. The summed E-state index contributed by atoms with van der Waals surface area (Å²) in [5.74, 6) is 0.859. The van der Waals surface area contributed by atoms with Crippen molar-refractivity contribution < 1.29 is 23.0 Å². The fourth-order valence-corrected chi connectivity index (χ4v) is 2.06. The van der Waals surface area contributed by atoms with Gasteiger partial charge in [0.2, 0.25) is 5.91 Å². The quantitative estimate of drug-likeness (QED) is 0.366. The topological polar surface area (TPSA) is 75.2 Å². The minimum absolute atomic E-state index is 0.0341. The summed E-state index contributed by atoms with van der Waals surface area (Å²) >= 11 is 0. The van der Waals surface area contributed by atoms with Gasteiger partial charge in [0.15, 0.2) is 5.96 Å². The number of unbranched alkanes of at least 4 members (excludes halogenated alkanes) is 1. The Balaban J connectivity index is 2.92. The number of alkyl halides is 2. The zero-order chi connectivity index (χ0) is 20.2. The van der Waals surface area contributed by atoms with Gasteiger partial charge in [-0.2, -0.15) is 8.78 Å². The van der Waals surface area contributed by atoms with Gasteiger partial charge in [-0.3, -0.25) is 4.79 Å². The van der Waals surface area contributed by atoms with Crippen LogP contribution in [-0.2, 0) is 11.3 Å². The minimum atomic E-state index is -2.93. The highest BCUT2D eigenvalue weighted by molar-refractivity contribution is 5.86. The van der Waals surface area contributed by atoms with Crippen LogP contribution >= 0.6 is 0 Å². The molecule has 0 bridgehead atoms. The molecular weight excluding hydrogens is 358 g/mol. The van der Waals surface area contributed by atoms with Crippen molar-refractivity contribution in [2.75, 3.05) is 34.3 Å². The van der Waals surface area contributed by atoms with E-state index in [1.54, 1.807) is 26.2 Å². The van der Waals surface area contributed by atoms with Gasteiger partial charge in [-0.25, -0.2) is 4.99 Å². The number of nitrogens with zero attached hydrogens (tertiary/aromatic N) is 2. The second-order valence-electron chi connectivity index (χ2n) is 5.94. The van der Waals surface area contributed by atoms with Gasteiger partial charge in [0, 0.05) is 26.2 Å². The maximum absolute atomic E-state index is 12.6. The van der Waals surface area contributed by atoms with Crippen molar-refractivity contribution in [3.8, 4) is 11.5 Å². The summed E-state index contributed by atoms with van der Waals surface area (Å²) in [7, 11) is 4.81. The third kappa shape index (κ3) is 8.57. The first kappa shape index (κ1) is 22.5. The van der Waals surface area contributed by atoms with E-state index in [9.17, 15) is 13.6 Å². The summed E-state index contributed by atoms with van der Waals surface area (Å²) in [6.45, 7) is -0.0395. The Hall–Kier alpha value is -2.58. The third-order valence-corrected chi connectivity index (χ3v) is 3.62. The van der Waals surface area contributed by atoms with Gasteiger partial charge in [-0.05, 0) is 24.6 Å². The second kappa shape index (κ2) is 11.9. The largest absolute Gasteiger partial charge is 0.497 e. The van der Waals surface area contributed by atoms with Crippen molar-refractivity contribution in [2.24, 2.45) is 4.99 Å². The Morgan fingerprint density at radius 2 is 2.04 bits per heavy atom. The molecule has 1 rings (SSSR count). The number of ether oxygens (including phenoxy) is 2. The van der Waals surface area contributed by atoms with E-state index in [0.29, 0.717) is 23.8 Å². The fraction of sp³-hybridized carbons (Fsp3) is 0.556. The number of hydrogen-bond donors (Lipinski definition) is 2. The van der Waals surface area contributed by atoms with Crippen LogP contribution in [0.15, 0.2) is 23.2 Å². The first-order valence-electron chi connectivity index (χ1n) is 8.71. The summed E-state index contributed by atoms with van der Waals surface area (Å²) in [4.78, 5) is 17.6. The van der Waals surface area contributed by atoms with Crippen molar-refractivity contribution >= 4 is 11.9 Å². The van der Waals surface area contributed by atoms with Crippen LogP contribution in [0.2, 0.25) is 0 Å². The molecule has 7 nitrogen and oxygen atoms in total. The van der Waals surface area contributed by atoms with E-state index < -0.39 is 6.61 Å². The number of aliphatic imine (C=N–C) groups is 1. The molecule has 0 saturated carbocycles. The Morgan fingerprint density at radius 3 is 2.63 bits per heavy atom.